The van der Waals surface area contributed by atoms with E-state index in [2.05, 4.69) is 0 Å². The molecule has 0 aliphatic rings. The van der Waals surface area contributed by atoms with Crippen LogP contribution in [-0.4, -0.2) is 5.78 Å². The number of carbonyl (C=O) groups excluding carboxylic acids is 1. The molecule has 0 aliphatic heterocycles. The molecule has 2 rings (SSSR count). The summed E-state index contributed by atoms with van der Waals surface area (Å²) in [6, 6.07) is 11.1. The van der Waals surface area contributed by atoms with Gasteiger partial charge in [-0.05, 0) is 30.5 Å². The first kappa shape index (κ1) is 14.3. The minimum Gasteiger partial charge on any atom is -0.294 e. The molecule has 0 heterocycles. The normalized spacial score (nSPS) is 10.6. The van der Waals surface area contributed by atoms with E-state index in [-0.39, 0.29) is 12.0 Å². The molecule has 1 nitrogen and oxygen atoms in total. The molecule has 0 atom stereocenters. The van der Waals surface area contributed by atoms with Crippen LogP contribution in [0.5, 0.6) is 0 Å². The lowest BCUT2D eigenvalue weighted by atomic mass is 10.0. The lowest BCUT2D eigenvalue weighted by molar-refractivity contribution is 0.0979. The molecule has 0 aromatic heterocycles. The van der Waals surface area contributed by atoms with Crippen LogP contribution in [0.4, 0.5) is 13.2 Å². The van der Waals surface area contributed by atoms with Crippen LogP contribution in [0.1, 0.15) is 28.8 Å². The fraction of sp³-hybridized carbons (Fsp3) is 0.188. The lowest BCUT2D eigenvalue weighted by Crippen LogP contribution is -2.03. The Balaban J connectivity index is 1.95. The lowest BCUT2D eigenvalue weighted by Gasteiger charge is -2.03. The standard InChI is InChI=1S/C16H13F3O/c17-13-9-12(10-14(18)16(13)19)15(20)8-4-7-11-5-2-1-3-6-11/h1-3,5-6,9-10H,4,7-8H2. The van der Waals surface area contributed by atoms with Gasteiger partial charge in [-0.25, -0.2) is 13.2 Å². The zero-order chi connectivity index (χ0) is 14.5. The van der Waals surface area contributed by atoms with Gasteiger partial charge < -0.3 is 0 Å². The Kier molecular flexibility index (Phi) is 4.56. The van der Waals surface area contributed by atoms with Gasteiger partial charge in [0.2, 0.25) is 0 Å². The van der Waals surface area contributed by atoms with Crippen molar-refractivity contribution in [3.63, 3.8) is 0 Å². The highest BCUT2D eigenvalue weighted by Crippen LogP contribution is 2.16. The molecule has 0 spiro atoms. The predicted octanol–water partition coefficient (Wildman–Crippen LogP) is 4.31. The predicted molar refractivity (Wildman–Crippen MR) is 70.0 cm³/mol. The molecular formula is C16H13F3O. The van der Waals surface area contributed by atoms with Gasteiger partial charge in [-0.2, -0.15) is 0 Å². The zero-order valence-corrected chi connectivity index (χ0v) is 10.7. The maximum atomic E-state index is 13.0. The van der Waals surface area contributed by atoms with Crippen LogP contribution in [0.2, 0.25) is 0 Å². The van der Waals surface area contributed by atoms with Crippen LogP contribution in [0.15, 0.2) is 42.5 Å². The maximum Gasteiger partial charge on any atom is 0.194 e. The van der Waals surface area contributed by atoms with Gasteiger partial charge in [-0.3, -0.25) is 4.79 Å². The molecule has 0 N–H and O–H groups in total. The van der Waals surface area contributed by atoms with Crippen molar-refractivity contribution < 1.29 is 18.0 Å². The Hall–Kier alpha value is -2.10. The van der Waals surface area contributed by atoms with Crippen molar-refractivity contribution in [1.82, 2.24) is 0 Å². The average Bonchev–Trinajstić information content (AvgIpc) is 2.45. The van der Waals surface area contributed by atoms with Crippen LogP contribution in [0.3, 0.4) is 0 Å². The molecule has 0 bridgehead atoms. The fourth-order valence-corrected chi connectivity index (χ4v) is 1.96. The average molecular weight is 278 g/mol. The summed E-state index contributed by atoms with van der Waals surface area (Å²) in [6.07, 6.45) is 1.45. The van der Waals surface area contributed by atoms with E-state index in [1.54, 1.807) is 0 Å². The number of aryl methyl sites for hydroxylation is 1. The van der Waals surface area contributed by atoms with E-state index in [1.807, 2.05) is 30.3 Å². The summed E-state index contributed by atoms with van der Waals surface area (Å²) < 4.78 is 38.8. The molecule has 104 valence electrons. The Morgan fingerprint density at radius 2 is 1.55 bits per heavy atom. The zero-order valence-electron chi connectivity index (χ0n) is 10.7. The SMILES string of the molecule is O=C(CCCc1ccccc1)c1cc(F)c(F)c(F)c1. The number of Topliss-reactive ketones (excluding diaryl/α,β-unsaturated/α-hetero) is 1. The Morgan fingerprint density at radius 3 is 2.15 bits per heavy atom. The third-order valence-corrected chi connectivity index (χ3v) is 3.02. The summed E-state index contributed by atoms with van der Waals surface area (Å²) in [5, 5.41) is 0. The molecule has 0 saturated heterocycles. The molecule has 0 radical (unpaired) electrons. The number of benzene rings is 2. The summed E-state index contributed by atoms with van der Waals surface area (Å²) >= 11 is 0. The van der Waals surface area contributed by atoms with E-state index in [0.29, 0.717) is 12.8 Å². The first-order chi connectivity index (χ1) is 9.58. The minimum atomic E-state index is -1.55. The van der Waals surface area contributed by atoms with Gasteiger partial charge in [0.1, 0.15) is 0 Å². The van der Waals surface area contributed by atoms with Gasteiger partial charge in [0.15, 0.2) is 23.2 Å². The van der Waals surface area contributed by atoms with Gasteiger partial charge in [0, 0.05) is 12.0 Å². The number of hydrogen-bond donors (Lipinski definition) is 0. The van der Waals surface area contributed by atoms with Crippen LogP contribution in [0, 0.1) is 17.5 Å². The first-order valence-electron chi connectivity index (χ1n) is 6.29. The molecule has 2 aromatic rings. The highest BCUT2D eigenvalue weighted by atomic mass is 19.2. The third-order valence-electron chi connectivity index (χ3n) is 3.02. The molecule has 2 aromatic carbocycles. The molecule has 0 fully saturated rings. The Morgan fingerprint density at radius 1 is 0.950 bits per heavy atom. The van der Waals surface area contributed by atoms with Crippen molar-refractivity contribution in [3.8, 4) is 0 Å². The van der Waals surface area contributed by atoms with Crippen LogP contribution in [-0.2, 0) is 6.42 Å². The van der Waals surface area contributed by atoms with Crippen molar-refractivity contribution in [2.45, 2.75) is 19.3 Å². The number of halogens is 3. The largest absolute Gasteiger partial charge is 0.294 e. The Labute approximate surface area is 115 Å². The van der Waals surface area contributed by atoms with E-state index in [9.17, 15) is 18.0 Å². The van der Waals surface area contributed by atoms with E-state index in [0.717, 1.165) is 17.7 Å². The Bertz CT molecular complexity index is 585. The van der Waals surface area contributed by atoms with Crippen LogP contribution >= 0.6 is 0 Å². The highest BCUT2D eigenvalue weighted by Gasteiger charge is 2.14. The molecular weight excluding hydrogens is 265 g/mol. The smallest absolute Gasteiger partial charge is 0.194 e. The maximum absolute atomic E-state index is 13.0. The monoisotopic (exact) mass is 278 g/mol. The second-order valence-electron chi connectivity index (χ2n) is 4.52. The number of rotatable bonds is 5. The molecule has 0 saturated carbocycles. The number of carbonyl (C=O) groups is 1. The van der Waals surface area contributed by atoms with Crippen molar-refractivity contribution in [3.05, 3.63) is 71.0 Å². The molecule has 4 heteroatoms. The van der Waals surface area contributed by atoms with Gasteiger partial charge in [-0.1, -0.05) is 30.3 Å². The van der Waals surface area contributed by atoms with Gasteiger partial charge >= 0.3 is 0 Å². The summed E-state index contributed by atoms with van der Waals surface area (Å²) in [7, 11) is 0. The van der Waals surface area contributed by atoms with Gasteiger partial charge in [0.05, 0.1) is 0 Å². The highest BCUT2D eigenvalue weighted by molar-refractivity contribution is 5.96. The van der Waals surface area contributed by atoms with E-state index < -0.39 is 23.2 Å². The molecule has 0 amide bonds. The summed E-state index contributed by atoms with van der Waals surface area (Å²) in [5.74, 6) is -4.61. The molecule has 0 unspecified atom stereocenters. The summed E-state index contributed by atoms with van der Waals surface area (Å²) in [6.45, 7) is 0. The molecule has 0 aliphatic carbocycles. The van der Waals surface area contributed by atoms with Crippen molar-refractivity contribution in [2.24, 2.45) is 0 Å². The van der Waals surface area contributed by atoms with Crippen LogP contribution in [0.25, 0.3) is 0 Å². The quantitative estimate of drug-likeness (QED) is 0.588. The number of hydrogen-bond acceptors (Lipinski definition) is 1. The first-order valence-corrected chi connectivity index (χ1v) is 6.29. The van der Waals surface area contributed by atoms with Gasteiger partial charge in [0.25, 0.3) is 0 Å². The minimum absolute atomic E-state index is 0.130. The van der Waals surface area contributed by atoms with E-state index in [1.165, 1.54) is 0 Å². The van der Waals surface area contributed by atoms with Gasteiger partial charge in [-0.15, -0.1) is 0 Å². The molecule has 20 heavy (non-hydrogen) atoms. The second kappa shape index (κ2) is 6.37. The second-order valence-corrected chi connectivity index (χ2v) is 4.52. The third kappa shape index (κ3) is 3.47. The van der Waals surface area contributed by atoms with Crippen LogP contribution < -0.4 is 0 Å². The summed E-state index contributed by atoms with van der Waals surface area (Å²) in [5.41, 5.74) is 0.964. The van der Waals surface area contributed by atoms with E-state index in [4.69, 9.17) is 0 Å². The van der Waals surface area contributed by atoms with E-state index >= 15 is 0 Å². The fourth-order valence-electron chi connectivity index (χ4n) is 1.96. The number of ketones is 1. The summed E-state index contributed by atoms with van der Waals surface area (Å²) in [4.78, 5) is 11.8. The van der Waals surface area contributed by atoms with Crippen molar-refractivity contribution in [1.29, 1.82) is 0 Å². The van der Waals surface area contributed by atoms with Crippen molar-refractivity contribution >= 4 is 5.78 Å². The topological polar surface area (TPSA) is 17.1 Å². The van der Waals surface area contributed by atoms with Crippen molar-refractivity contribution in [2.75, 3.05) is 0 Å².